The fourth-order valence-electron chi connectivity index (χ4n) is 1.73. The minimum atomic E-state index is -3.72. The molecule has 1 aromatic rings. The maximum Gasteiger partial charge on any atom is 0.243 e. The van der Waals surface area contributed by atoms with E-state index in [0.29, 0.717) is 0 Å². The van der Waals surface area contributed by atoms with Gasteiger partial charge < -0.3 is 5.11 Å². The number of sulfonamides is 1. The third kappa shape index (κ3) is 2.66. The van der Waals surface area contributed by atoms with Crippen LogP contribution in [-0.2, 0) is 10.0 Å². The topological polar surface area (TPSA) is 57.6 Å². The molecule has 1 aromatic carbocycles. The van der Waals surface area contributed by atoms with E-state index < -0.39 is 15.8 Å². The maximum atomic E-state index is 13.0. The van der Waals surface area contributed by atoms with Crippen LogP contribution in [0.5, 0.6) is 0 Å². The van der Waals surface area contributed by atoms with Crippen molar-refractivity contribution < 1.29 is 17.9 Å². The Kier molecular flexibility index (Phi) is 3.91. The van der Waals surface area contributed by atoms with Crippen molar-refractivity contribution in [2.45, 2.75) is 23.8 Å². The van der Waals surface area contributed by atoms with Crippen LogP contribution in [0.25, 0.3) is 0 Å². The predicted octanol–water partition coefficient (Wildman–Crippen LogP) is 1.62. The Morgan fingerprint density at radius 1 is 1.44 bits per heavy atom. The monoisotopic (exact) mass is 293 g/mol. The lowest BCUT2D eigenvalue weighted by Crippen LogP contribution is -2.35. The van der Waals surface area contributed by atoms with E-state index in [0.717, 1.165) is 25.0 Å². The second-order valence-electron chi connectivity index (χ2n) is 4.15. The van der Waals surface area contributed by atoms with Crippen LogP contribution < -0.4 is 0 Å². The van der Waals surface area contributed by atoms with Crippen LogP contribution in [0.15, 0.2) is 23.1 Å². The van der Waals surface area contributed by atoms with Crippen molar-refractivity contribution in [1.29, 1.82) is 0 Å². The zero-order valence-corrected chi connectivity index (χ0v) is 11.1. The van der Waals surface area contributed by atoms with Crippen LogP contribution in [0, 0.1) is 5.82 Å². The molecule has 0 aliphatic heterocycles. The van der Waals surface area contributed by atoms with Gasteiger partial charge in [0.2, 0.25) is 10.0 Å². The third-order valence-corrected chi connectivity index (χ3v) is 5.01. The molecule has 1 saturated carbocycles. The number of halogens is 2. The van der Waals surface area contributed by atoms with Gasteiger partial charge in [0.25, 0.3) is 0 Å². The Bertz CT molecular complexity index is 545. The van der Waals surface area contributed by atoms with Crippen molar-refractivity contribution in [3.8, 4) is 0 Å². The van der Waals surface area contributed by atoms with Crippen LogP contribution in [0.3, 0.4) is 0 Å². The van der Waals surface area contributed by atoms with E-state index in [1.807, 2.05) is 0 Å². The van der Waals surface area contributed by atoms with Gasteiger partial charge in [0.15, 0.2) is 0 Å². The molecule has 18 heavy (non-hydrogen) atoms. The van der Waals surface area contributed by atoms with E-state index in [1.54, 1.807) is 0 Å². The van der Waals surface area contributed by atoms with Crippen molar-refractivity contribution in [2.75, 3.05) is 13.2 Å². The highest BCUT2D eigenvalue weighted by Crippen LogP contribution is 2.32. The van der Waals surface area contributed by atoms with E-state index in [9.17, 15) is 12.8 Å². The molecular formula is C11H13ClFNO3S. The molecule has 0 atom stereocenters. The van der Waals surface area contributed by atoms with E-state index in [1.165, 1.54) is 10.4 Å². The van der Waals surface area contributed by atoms with Gasteiger partial charge in [-0.15, -0.1) is 0 Å². The molecule has 0 aromatic heterocycles. The van der Waals surface area contributed by atoms with Crippen molar-refractivity contribution in [3.63, 3.8) is 0 Å². The van der Waals surface area contributed by atoms with Crippen molar-refractivity contribution in [2.24, 2.45) is 0 Å². The number of nitrogens with zero attached hydrogens (tertiary/aromatic N) is 1. The summed E-state index contributed by atoms with van der Waals surface area (Å²) in [6.45, 7) is -0.202. The number of aliphatic hydroxyl groups excluding tert-OH is 1. The standard InChI is InChI=1S/C11H13ClFNO3S/c12-10-7-9(3-4-11(10)13)18(16,17)14(5-6-15)8-1-2-8/h3-4,7-8,15H,1-2,5-6H2. The first-order valence-corrected chi connectivity index (χ1v) is 7.36. The summed E-state index contributed by atoms with van der Waals surface area (Å²) in [5.74, 6) is -0.657. The SMILES string of the molecule is O=S(=O)(c1ccc(F)c(Cl)c1)N(CCO)C1CC1. The average Bonchev–Trinajstić information content (AvgIpc) is 3.13. The van der Waals surface area contributed by atoms with Crippen LogP contribution in [-0.4, -0.2) is 37.0 Å². The molecule has 1 fully saturated rings. The summed E-state index contributed by atoms with van der Waals surface area (Å²) in [7, 11) is -3.72. The fraction of sp³-hybridized carbons (Fsp3) is 0.455. The molecule has 2 rings (SSSR count). The third-order valence-electron chi connectivity index (χ3n) is 2.77. The molecule has 0 radical (unpaired) electrons. The summed E-state index contributed by atoms with van der Waals surface area (Å²) >= 11 is 5.59. The lowest BCUT2D eigenvalue weighted by atomic mass is 10.3. The number of hydrogen-bond acceptors (Lipinski definition) is 3. The van der Waals surface area contributed by atoms with Crippen LogP contribution in [0.1, 0.15) is 12.8 Å². The molecule has 0 saturated heterocycles. The molecular weight excluding hydrogens is 281 g/mol. The summed E-state index contributed by atoms with van der Waals surface area (Å²) in [5.41, 5.74) is 0. The molecule has 100 valence electrons. The van der Waals surface area contributed by atoms with Gasteiger partial charge in [-0.05, 0) is 31.0 Å². The van der Waals surface area contributed by atoms with Crippen LogP contribution >= 0.6 is 11.6 Å². The van der Waals surface area contributed by atoms with Gasteiger partial charge in [-0.1, -0.05) is 11.6 Å². The Balaban J connectivity index is 2.36. The summed E-state index contributed by atoms with van der Waals surface area (Å²) in [4.78, 5) is -0.0470. The summed E-state index contributed by atoms with van der Waals surface area (Å²) < 4.78 is 38.9. The van der Waals surface area contributed by atoms with Crippen molar-refractivity contribution >= 4 is 21.6 Å². The molecule has 0 heterocycles. The Hall–Kier alpha value is -0.690. The predicted molar refractivity (Wildman–Crippen MR) is 65.4 cm³/mol. The zero-order chi connectivity index (χ0) is 13.3. The number of hydrogen-bond donors (Lipinski definition) is 1. The van der Waals surface area contributed by atoms with Crippen LogP contribution in [0.2, 0.25) is 5.02 Å². The highest BCUT2D eigenvalue weighted by Gasteiger charge is 2.37. The fourth-order valence-corrected chi connectivity index (χ4v) is 3.68. The Morgan fingerprint density at radius 3 is 2.61 bits per heavy atom. The summed E-state index contributed by atoms with van der Waals surface area (Å²) in [6, 6.07) is 3.24. The first-order chi connectivity index (χ1) is 8.46. The molecule has 0 amide bonds. The molecule has 0 spiro atoms. The van der Waals surface area contributed by atoms with E-state index in [2.05, 4.69) is 0 Å². The second kappa shape index (κ2) is 5.13. The van der Waals surface area contributed by atoms with Gasteiger partial charge in [0.1, 0.15) is 5.82 Å². The number of rotatable bonds is 5. The Morgan fingerprint density at radius 2 is 2.11 bits per heavy atom. The van der Waals surface area contributed by atoms with E-state index in [4.69, 9.17) is 16.7 Å². The summed E-state index contributed by atoms with van der Waals surface area (Å²) in [6.07, 6.45) is 1.57. The van der Waals surface area contributed by atoms with Gasteiger partial charge in [-0.25, -0.2) is 12.8 Å². The lowest BCUT2D eigenvalue weighted by Gasteiger charge is -2.20. The first kappa shape index (κ1) is 13.7. The first-order valence-electron chi connectivity index (χ1n) is 5.54. The average molecular weight is 294 g/mol. The zero-order valence-electron chi connectivity index (χ0n) is 9.51. The summed E-state index contributed by atoms with van der Waals surface area (Å²) in [5, 5.41) is 8.70. The second-order valence-corrected chi connectivity index (χ2v) is 6.44. The molecule has 7 heteroatoms. The minimum Gasteiger partial charge on any atom is -0.395 e. The molecule has 1 N–H and O–H groups in total. The van der Waals surface area contributed by atoms with Gasteiger partial charge in [0, 0.05) is 12.6 Å². The largest absolute Gasteiger partial charge is 0.395 e. The normalized spacial score (nSPS) is 16.2. The van der Waals surface area contributed by atoms with Gasteiger partial charge >= 0.3 is 0 Å². The van der Waals surface area contributed by atoms with Gasteiger partial charge in [-0.3, -0.25) is 0 Å². The molecule has 1 aliphatic carbocycles. The van der Waals surface area contributed by atoms with E-state index >= 15 is 0 Å². The van der Waals surface area contributed by atoms with Crippen molar-refractivity contribution in [3.05, 3.63) is 29.0 Å². The lowest BCUT2D eigenvalue weighted by molar-refractivity contribution is 0.250. The highest BCUT2D eigenvalue weighted by molar-refractivity contribution is 7.89. The number of benzene rings is 1. The minimum absolute atomic E-state index is 0.0436. The highest BCUT2D eigenvalue weighted by atomic mass is 35.5. The van der Waals surface area contributed by atoms with Crippen molar-refractivity contribution in [1.82, 2.24) is 4.31 Å². The van der Waals surface area contributed by atoms with E-state index in [-0.39, 0.29) is 29.1 Å². The van der Waals surface area contributed by atoms with Gasteiger partial charge in [0.05, 0.1) is 16.5 Å². The molecule has 0 unspecified atom stereocenters. The maximum absolute atomic E-state index is 13.0. The molecule has 4 nitrogen and oxygen atoms in total. The Labute approximate surface area is 110 Å². The number of aliphatic hydroxyl groups is 1. The molecule has 1 aliphatic rings. The smallest absolute Gasteiger partial charge is 0.243 e. The quantitative estimate of drug-likeness (QED) is 0.897. The molecule has 0 bridgehead atoms. The van der Waals surface area contributed by atoms with Crippen LogP contribution in [0.4, 0.5) is 4.39 Å². The van der Waals surface area contributed by atoms with Gasteiger partial charge in [-0.2, -0.15) is 4.31 Å².